The van der Waals surface area contributed by atoms with E-state index in [-0.39, 0.29) is 12.1 Å². The molecule has 2 amide bonds. The maximum atomic E-state index is 11.7. The van der Waals surface area contributed by atoms with Crippen LogP contribution in [0, 0.1) is 0 Å². The van der Waals surface area contributed by atoms with E-state index >= 15 is 0 Å². The summed E-state index contributed by atoms with van der Waals surface area (Å²) in [6, 6.07) is 5.03. The summed E-state index contributed by atoms with van der Waals surface area (Å²) >= 11 is 0. The van der Waals surface area contributed by atoms with Crippen molar-refractivity contribution in [3.8, 4) is 0 Å². The number of carbonyl (C=O) groups excluding carboxylic acids is 1. The number of carbonyl (C=O) groups is 1. The number of hydrogen-bond donors (Lipinski definition) is 2. The number of pyridine rings is 1. The highest BCUT2D eigenvalue weighted by Crippen LogP contribution is 2.07. The molecular weight excluding hydrogens is 292 g/mol. The third kappa shape index (κ3) is 6.54. The first-order valence-corrected chi connectivity index (χ1v) is 8.52. The van der Waals surface area contributed by atoms with Crippen molar-refractivity contribution in [2.45, 2.75) is 19.4 Å². The molecule has 0 aliphatic carbocycles. The summed E-state index contributed by atoms with van der Waals surface area (Å²) in [5.41, 5.74) is 0.782. The summed E-state index contributed by atoms with van der Waals surface area (Å²) < 4.78 is 23.6. The van der Waals surface area contributed by atoms with Gasteiger partial charge in [-0.15, -0.1) is 0 Å². The highest BCUT2D eigenvalue weighted by atomic mass is 32.2. The van der Waals surface area contributed by atoms with E-state index < -0.39 is 10.0 Å². The fourth-order valence-corrected chi connectivity index (χ4v) is 2.08. The Hall–Kier alpha value is -1.67. The standard InChI is InChI=1S/C13H22N4O3S/c1-11(12-7-4-5-8-14-12)16-13(18)15-9-6-10-17(2)21(3,19)20/h4-5,7-8,11H,6,9-10H2,1-3H3,(H2,15,16,18)/t11-/m0/s1. The molecule has 1 aromatic heterocycles. The molecule has 1 heterocycles. The number of urea groups is 1. The van der Waals surface area contributed by atoms with Gasteiger partial charge in [0.2, 0.25) is 10.0 Å². The zero-order valence-corrected chi connectivity index (χ0v) is 13.4. The van der Waals surface area contributed by atoms with E-state index in [2.05, 4.69) is 15.6 Å². The molecule has 7 nitrogen and oxygen atoms in total. The van der Waals surface area contributed by atoms with E-state index in [1.165, 1.54) is 11.4 Å². The molecule has 0 spiro atoms. The Balaban J connectivity index is 2.26. The number of hydrogen-bond acceptors (Lipinski definition) is 4. The number of rotatable bonds is 7. The Bertz CT molecular complexity index is 548. The minimum atomic E-state index is -3.16. The highest BCUT2D eigenvalue weighted by Gasteiger charge is 2.11. The summed E-state index contributed by atoms with van der Waals surface area (Å²) in [5.74, 6) is 0. The summed E-state index contributed by atoms with van der Waals surface area (Å²) in [6.45, 7) is 2.62. The lowest BCUT2D eigenvalue weighted by molar-refractivity contribution is 0.237. The fourth-order valence-electron chi connectivity index (χ4n) is 1.62. The number of aromatic nitrogens is 1. The molecule has 0 aromatic carbocycles. The second-order valence-corrected chi connectivity index (χ2v) is 6.90. The molecular formula is C13H22N4O3S. The van der Waals surface area contributed by atoms with Crippen LogP contribution in [0.25, 0.3) is 0 Å². The molecule has 0 fully saturated rings. The summed E-state index contributed by atoms with van der Waals surface area (Å²) in [5, 5.41) is 5.46. The van der Waals surface area contributed by atoms with Crippen LogP contribution >= 0.6 is 0 Å². The molecule has 0 unspecified atom stereocenters. The first-order valence-electron chi connectivity index (χ1n) is 6.67. The number of nitrogens with one attached hydrogen (secondary N) is 2. The summed E-state index contributed by atoms with van der Waals surface area (Å²) in [7, 11) is -1.65. The largest absolute Gasteiger partial charge is 0.338 e. The maximum Gasteiger partial charge on any atom is 0.315 e. The van der Waals surface area contributed by atoms with Crippen molar-refractivity contribution < 1.29 is 13.2 Å². The fraction of sp³-hybridized carbons (Fsp3) is 0.538. The van der Waals surface area contributed by atoms with Crippen molar-refractivity contribution in [2.24, 2.45) is 0 Å². The SMILES string of the molecule is C[C@H](NC(=O)NCCCN(C)S(C)(=O)=O)c1ccccn1. The quantitative estimate of drug-likeness (QED) is 0.726. The smallest absolute Gasteiger partial charge is 0.315 e. The van der Waals surface area contributed by atoms with Gasteiger partial charge in [-0.05, 0) is 25.5 Å². The van der Waals surface area contributed by atoms with Crippen LogP contribution in [0.1, 0.15) is 25.1 Å². The Morgan fingerprint density at radius 3 is 2.71 bits per heavy atom. The van der Waals surface area contributed by atoms with Crippen molar-refractivity contribution in [1.29, 1.82) is 0 Å². The van der Waals surface area contributed by atoms with Crippen LogP contribution in [0.15, 0.2) is 24.4 Å². The molecule has 21 heavy (non-hydrogen) atoms. The predicted molar refractivity (Wildman–Crippen MR) is 81.3 cm³/mol. The molecule has 0 radical (unpaired) electrons. The zero-order chi connectivity index (χ0) is 15.9. The molecule has 0 aliphatic rings. The monoisotopic (exact) mass is 314 g/mol. The average molecular weight is 314 g/mol. The number of amides is 2. The van der Waals surface area contributed by atoms with Crippen molar-refractivity contribution in [3.63, 3.8) is 0 Å². The molecule has 0 bridgehead atoms. The lowest BCUT2D eigenvalue weighted by atomic mass is 10.2. The lowest BCUT2D eigenvalue weighted by Crippen LogP contribution is -2.38. The van der Waals surface area contributed by atoms with Crippen LogP contribution in [0.3, 0.4) is 0 Å². The van der Waals surface area contributed by atoms with Gasteiger partial charge in [-0.2, -0.15) is 0 Å². The number of sulfonamides is 1. The van der Waals surface area contributed by atoms with E-state index in [9.17, 15) is 13.2 Å². The van der Waals surface area contributed by atoms with Gasteiger partial charge in [-0.25, -0.2) is 17.5 Å². The zero-order valence-electron chi connectivity index (χ0n) is 12.5. The Morgan fingerprint density at radius 1 is 1.43 bits per heavy atom. The predicted octanol–water partition coefficient (Wildman–Crippen LogP) is 0.723. The molecule has 0 saturated carbocycles. The van der Waals surface area contributed by atoms with Crippen LogP contribution in [0.4, 0.5) is 4.79 Å². The van der Waals surface area contributed by atoms with Gasteiger partial charge in [0.15, 0.2) is 0 Å². The van der Waals surface area contributed by atoms with Crippen LogP contribution in [-0.2, 0) is 10.0 Å². The Labute approximate surface area is 125 Å². The molecule has 0 aliphatic heterocycles. The molecule has 2 N–H and O–H groups in total. The molecule has 1 rings (SSSR count). The lowest BCUT2D eigenvalue weighted by Gasteiger charge is -2.16. The van der Waals surface area contributed by atoms with E-state index in [1.54, 1.807) is 6.20 Å². The van der Waals surface area contributed by atoms with Crippen LogP contribution < -0.4 is 10.6 Å². The van der Waals surface area contributed by atoms with Crippen LogP contribution in [-0.4, -0.2) is 50.1 Å². The van der Waals surface area contributed by atoms with Gasteiger partial charge in [0.05, 0.1) is 18.0 Å². The average Bonchev–Trinajstić information content (AvgIpc) is 2.43. The van der Waals surface area contributed by atoms with Crippen LogP contribution in [0.2, 0.25) is 0 Å². The van der Waals surface area contributed by atoms with Crippen molar-refractivity contribution in [1.82, 2.24) is 19.9 Å². The van der Waals surface area contributed by atoms with E-state index in [1.807, 2.05) is 25.1 Å². The molecule has 1 aromatic rings. The normalized spacial score (nSPS) is 13.0. The second-order valence-electron chi connectivity index (χ2n) is 4.81. The van der Waals surface area contributed by atoms with Gasteiger partial charge in [-0.3, -0.25) is 4.98 Å². The number of nitrogens with zero attached hydrogens (tertiary/aromatic N) is 2. The third-order valence-electron chi connectivity index (χ3n) is 2.98. The maximum absolute atomic E-state index is 11.7. The highest BCUT2D eigenvalue weighted by molar-refractivity contribution is 7.88. The minimum Gasteiger partial charge on any atom is -0.338 e. The molecule has 118 valence electrons. The van der Waals surface area contributed by atoms with Gasteiger partial charge < -0.3 is 10.6 Å². The van der Waals surface area contributed by atoms with E-state index in [0.717, 1.165) is 11.9 Å². The van der Waals surface area contributed by atoms with Crippen molar-refractivity contribution in [3.05, 3.63) is 30.1 Å². The van der Waals surface area contributed by atoms with E-state index in [0.29, 0.717) is 19.5 Å². The summed E-state index contributed by atoms with van der Waals surface area (Å²) in [6.07, 6.45) is 3.38. The second kappa shape index (κ2) is 7.94. The van der Waals surface area contributed by atoms with Gasteiger partial charge in [0.1, 0.15) is 0 Å². The van der Waals surface area contributed by atoms with Gasteiger partial charge in [0.25, 0.3) is 0 Å². The van der Waals surface area contributed by atoms with Gasteiger partial charge in [0, 0.05) is 26.3 Å². The Kier molecular flexibility index (Phi) is 6.57. The van der Waals surface area contributed by atoms with E-state index in [4.69, 9.17) is 0 Å². The van der Waals surface area contributed by atoms with Gasteiger partial charge >= 0.3 is 6.03 Å². The Morgan fingerprint density at radius 2 is 2.14 bits per heavy atom. The minimum absolute atomic E-state index is 0.190. The third-order valence-corrected chi connectivity index (χ3v) is 4.30. The van der Waals surface area contributed by atoms with Crippen molar-refractivity contribution >= 4 is 16.1 Å². The van der Waals surface area contributed by atoms with Gasteiger partial charge in [-0.1, -0.05) is 6.07 Å². The first kappa shape index (κ1) is 17.4. The molecule has 8 heteroatoms. The van der Waals surface area contributed by atoms with Crippen molar-refractivity contribution in [2.75, 3.05) is 26.4 Å². The van der Waals surface area contributed by atoms with Crippen LogP contribution in [0.5, 0.6) is 0 Å². The molecule has 0 saturated heterocycles. The first-order chi connectivity index (χ1) is 9.80. The topological polar surface area (TPSA) is 91.4 Å². The summed E-state index contributed by atoms with van der Waals surface area (Å²) in [4.78, 5) is 15.8. The molecule has 1 atom stereocenters.